The SMILES string of the molecule is COc1cc(CN)cc(-c2ccccc2Cl)n1. The van der Waals surface area contributed by atoms with Crippen LogP contribution in [0, 0.1) is 0 Å². The van der Waals surface area contributed by atoms with Gasteiger partial charge in [0.05, 0.1) is 12.8 Å². The largest absolute Gasteiger partial charge is 0.481 e. The Morgan fingerprint density at radius 2 is 2.06 bits per heavy atom. The molecule has 1 aromatic heterocycles. The van der Waals surface area contributed by atoms with Crippen LogP contribution in [-0.4, -0.2) is 12.1 Å². The zero-order chi connectivity index (χ0) is 12.3. The lowest BCUT2D eigenvalue weighted by Crippen LogP contribution is -1.99. The van der Waals surface area contributed by atoms with Crippen LogP contribution < -0.4 is 10.5 Å². The third-order valence-electron chi connectivity index (χ3n) is 2.46. The fourth-order valence-corrected chi connectivity index (χ4v) is 1.82. The summed E-state index contributed by atoms with van der Waals surface area (Å²) >= 11 is 6.14. The molecule has 0 aliphatic rings. The number of nitrogens with two attached hydrogens (primary N) is 1. The summed E-state index contributed by atoms with van der Waals surface area (Å²) < 4.78 is 5.15. The van der Waals surface area contributed by atoms with E-state index in [0.29, 0.717) is 17.4 Å². The lowest BCUT2D eigenvalue weighted by molar-refractivity contribution is 0.398. The molecule has 1 aromatic carbocycles. The quantitative estimate of drug-likeness (QED) is 0.909. The predicted molar refractivity (Wildman–Crippen MR) is 69.1 cm³/mol. The standard InChI is InChI=1S/C13H13ClN2O/c1-17-13-7-9(8-15)6-12(16-13)10-4-2-3-5-11(10)14/h2-7H,8,15H2,1H3. The zero-order valence-electron chi connectivity index (χ0n) is 9.48. The van der Waals surface area contributed by atoms with E-state index in [1.165, 1.54) is 0 Å². The first kappa shape index (κ1) is 11.9. The maximum atomic E-state index is 6.14. The molecule has 2 N–H and O–H groups in total. The third kappa shape index (κ3) is 2.57. The van der Waals surface area contributed by atoms with E-state index >= 15 is 0 Å². The lowest BCUT2D eigenvalue weighted by Gasteiger charge is -2.08. The van der Waals surface area contributed by atoms with Crippen molar-refractivity contribution >= 4 is 11.6 Å². The molecule has 0 amide bonds. The number of nitrogens with zero attached hydrogens (tertiary/aromatic N) is 1. The molecule has 17 heavy (non-hydrogen) atoms. The van der Waals surface area contributed by atoms with Crippen LogP contribution >= 0.6 is 11.6 Å². The Kier molecular flexibility index (Phi) is 3.61. The molecule has 88 valence electrons. The van der Waals surface area contributed by atoms with Gasteiger partial charge < -0.3 is 10.5 Å². The van der Waals surface area contributed by atoms with Crippen molar-refractivity contribution in [1.82, 2.24) is 4.98 Å². The smallest absolute Gasteiger partial charge is 0.213 e. The molecule has 0 atom stereocenters. The highest BCUT2D eigenvalue weighted by atomic mass is 35.5. The van der Waals surface area contributed by atoms with Gasteiger partial charge >= 0.3 is 0 Å². The van der Waals surface area contributed by atoms with Gasteiger partial charge in [-0.3, -0.25) is 0 Å². The number of pyridine rings is 1. The molecule has 1 heterocycles. The van der Waals surface area contributed by atoms with Crippen LogP contribution in [0.25, 0.3) is 11.3 Å². The van der Waals surface area contributed by atoms with Crippen LogP contribution in [0.5, 0.6) is 5.88 Å². The maximum absolute atomic E-state index is 6.14. The summed E-state index contributed by atoms with van der Waals surface area (Å²) in [7, 11) is 1.58. The number of hydrogen-bond acceptors (Lipinski definition) is 3. The van der Waals surface area contributed by atoms with E-state index in [-0.39, 0.29) is 0 Å². The Morgan fingerprint density at radius 1 is 1.29 bits per heavy atom. The molecular weight excluding hydrogens is 236 g/mol. The molecule has 0 aliphatic carbocycles. The van der Waals surface area contributed by atoms with Crippen LogP contribution in [0.4, 0.5) is 0 Å². The fourth-order valence-electron chi connectivity index (χ4n) is 1.59. The summed E-state index contributed by atoms with van der Waals surface area (Å²) in [4.78, 5) is 4.37. The molecule has 0 fully saturated rings. The third-order valence-corrected chi connectivity index (χ3v) is 2.79. The first-order valence-electron chi connectivity index (χ1n) is 5.24. The predicted octanol–water partition coefficient (Wildman–Crippen LogP) is 2.87. The highest BCUT2D eigenvalue weighted by molar-refractivity contribution is 6.33. The van der Waals surface area contributed by atoms with Crippen molar-refractivity contribution in [2.24, 2.45) is 5.73 Å². The molecular formula is C13H13ClN2O. The van der Waals surface area contributed by atoms with Crippen LogP contribution in [-0.2, 0) is 6.54 Å². The van der Waals surface area contributed by atoms with Gasteiger partial charge in [0.2, 0.25) is 5.88 Å². The first-order chi connectivity index (χ1) is 8.24. The van der Waals surface area contributed by atoms with Crippen molar-refractivity contribution in [2.45, 2.75) is 6.54 Å². The molecule has 0 saturated carbocycles. The average molecular weight is 249 g/mol. The van der Waals surface area contributed by atoms with E-state index in [1.807, 2.05) is 36.4 Å². The Labute approximate surface area is 105 Å². The number of hydrogen-bond donors (Lipinski definition) is 1. The van der Waals surface area contributed by atoms with E-state index < -0.39 is 0 Å². The summed E-state index contributed by atoms with van der Waals surface area (Å²) in [5.41, 5.74) is 8.26. The van der Waals surface area contributed by atoms with E-state index in [4.69, 9.17) is 22.1 Å². The molecule has 2 aromatic rings. The highest BCUT2D eigenvalue weighted by Gasteiger charge is 2.07. The highest BCUT2D eigenvalue weighted by Crippen LogP contribution is 2.28. The fraction of sp³-hybridized carbons (Fsp3) is 0.154. The number of rotatable bonds is 3. The molecule has 4 heteroatoms. The zero-order valence-corrected chi connectivity index (χ0v) is 10.2. The lowest BCUT2D eigenvalue weighted by atomic mass is 10.1. The molecule has 0 spiro atoms. The van der Waals surface area contributed by atoms with E-state index in [0.717, 1.165) is 16.8 Å². The summed E-state index contributed by atoms with van der Waals surface area (Å²) in [6.45, 7) is 0.441. The van der Waals surface area contributed by atoms with Crippen molar-refractivity contribution in [3.8, 4) is 17.1 Å². The second-order valence-electron chi connectivity index (χ2n) is 3.59. The maximum Gasteiger partial charge on any atom is 0.213 e. The molecule has 0 saturated heterocycles. The Balaban J connectivity index is 2.55. The van der Waals surface area contributed by atoms with Crippen molar-refractivity contribution in [3.63, 3.8) is 0 Å². The Hall–Kier alpha value is -1.58. The average Bonchev–Trinajstić information content (AvgIpc) is 2.38. The molecule has 3 nitrogen and oxygen atoms in total. The Bertz CT molecular complexity index is 506. The molecule has 0 radical (unpaired) electrons. The Morgan fingerprint density at radius 3 is 2.71 bits per heavy atom. The second kappa shape index (κ2) is 5.17. The van der Waals surface area contributed by atoms with Gasteiger partial charge in [-0.05, 0) is 17.7 Å². The van der Waals surface area contributed by atoms with E-state index in [1.54, 1.807) is 7.11 Å². The van der Waals surface area contributed by atoms with Crippen molar-refractivity contribution in [3.05, 3.63) is 47.0 Å². The van der Waals surface area contributed by atoms with Crippen molar-refractivity contribution in [2.75, 3.05) is 7.11 Å². The minimum absolute atomic E-state index is 0.441. The van der Waals surface area contributed by atoms with Crippen LogP contribution in [0.3, 0.4) is 0 Å². The molecule has 0 unspecified atom stereocenters. The van der Waals surface area contributed by atoms with Gasteiger partial charge in [0.1, 0.15) is 0 Å². The minimum Gasteiger partial charge on any atom is -0.481 e. The summed E-state index contributed by atoms with van der Waals surface area (Å²) in [6.07, 6.45) is 0. The van der Waals surface area contributed by atoms with Gasteiger partial charge in [0.25, 0.3) is 0 Å². The first-order valence-corrected chi connectivity index (χ1v) is 5.62. The van der Waals surface area contributed by atoms with Crippen molar-refractivity contribution < 1.29 is 4.74 Å². The number of ether oxygens (including phenoxy) is 1. The number of aromatic nitrogens is 1. The molecule has 0 bridgehead atoms. The van der Waals surface area contributed by atoms with Crippen molar-refractivity contribution in [1.29, 1.82) is 0 Å². The van der Waals surface area contributed by atoms with Gasteiger partial charge in [-0.1, -0.05) is 29.8 Å². The second-order valence-corrected chi connectivity index (χ2v) is 3.99. The minimum atomic E-state index is 0.441. The summed E-state index contributed by atoms with van der Waals surface area (Å²) in [5, 5.41) is 0.663. The molecule has 2 rings (SSSR count). The van der Waals surface area contributed by atoms with Crippen LogP contribution in [0.2, 0.25) is 5.02 Å². The van der Waals surface area contributed by atoms with Gasteiger partial charge in [-0.25, -0.2) is 4.98 Å². The van der Waals surface area contributed by atoms with Crippen LogP contribution in [0.1, 0.15) is 5.56 Å². The number of benzene rings is 1. The summed E-state index contributed by atoms with van der Waals surface area (Å²) in [6, 6.07) is 11.3. The van der Waals surface area contributed by atoms with Crippen LogP contribution in [0.15, 0.2) is 36.4 Å². The van der Waals surface area contributed by atoms with E-state index in [9.17, 15) is 0 Å². The molecule has 0 aliphatic heterocycles. The van der Waals surface area contributed by atoms with Gasteiger partial charge in [-0.15, -0.1) is 0 Å². The number of methoxy groups -OCH3 is 1. The van der Waals surface area contributed by atoms with E-state index in [2.05, 4.69) is 4.98 Å². The monoisotopic (exact) mass is 248 g/mol. The summed E-state index contributed by atoms with van der Waals surface area (Å²) in [5.74, 6) is 0.544. The normalized spacial score (nSPS) is 10.3. The van der Waals surface area contributed by atoms with Gasteiger partial charge in [0, 0.05) is 23.2 Å². The topological polar surface area (TPSA) is 48.1 Å². The number of halogens is 1. The van der Waals surface area contributed by atoms with Gasteiger partial charge in [0.15, 0.2) is 0 Å². The van der Waals surface area contributed by atoms with Gasteiger partial charge in [-0.2, -0.15) is 0 Å².